The summed E-state index contributed by atoms with van der Waals surface area (Å²) in [5.74, 6) is 1.54. The van der Waals surface area contributed by atoms with E-state index in [2.05, 4.69) is 40.2 Å². The average Bonchev–Trinajstić information content (AvgIpc) is 3.29. The second kappa shape index (κ2) is 6.96. The monoisotopic (exact) mass is 397 g/mol. The number of benzene rings is 1. The molecule has 30 heavy (non-hydrogen) atoms. The van der Waals surface area contributed by atoms with Crippen molar-refractivity contribution in [3.8, 4) is 11.3 Å². The number of furan rings is 1. The van der Waals surface area contributed by atoms with E-state index in [1.54, 1.807) is 6.26 Å². The first-order valence-corrected chi connectivity index (χ1v) is 10.6. The maximum atomic E-state index is 13.1. The van der Waals surface area contributed by atoms with Crippen molar-refractivity contribution in [1.29, 1.82) is 0 Å². The molecule has 1 saturated heterocycles. The Hall–Kier alpha value is -3.18. The Balaban J connectivity index is 1.27. The fraction of sp³-hybridized carbons (Fsp3) is 0.280. The molecule has 0 saturated carbocycles. The fourth-order valence-electron chi connectivity index (χ4n) is 5.25. The number of fused-ring (bicyclic) bond motifs is 5. The minimum atomic E-state index is 0.0735. The molecule has 2 atom stereocenters. The molecule has 0 amide bonds. The normalized spacial score (nSPS) is 20.9. The van der Waals surface area contributed by atoms with Crippen LogP contribution in [0.1, 0.15) is 23.6 Å². The molecule has 2 bridgehead atoms. The molecule has 1 aromatic carbocycles. The lowest BCUT2D eigenvalue weighted by Crippen LogP contribution is -2.46. The molecule has 3 aromatic heterocycles. The van der Waals surface area contributed by atoms with Gasteiger partial charge in [-0.2, -0.15) is 0 Å². The molecule has 0 N–H and O–H groups in total. The zero-order valence-electron chi connectivity index (χ0n) is 16.7. The van der Waals surface area contributed by atoms with Crippen molar-refractivity contribution in [2.24, 2.45) is 5.92 Å². The number of aromatic nitrogens is 2. The lowest BCUT2D eigenvalue weighted by Gasteiger charge is -2.43. The van der Waals surface area contributed by atoms with Crippen molar-refractivity contribution in [2.75, 3.05) is 13.1 Å². The largest absolute Gasteiger partial charge is 0.464 e. The summed E-state index contributed by atoms with van der Waals surface area (Å²) in [6.07, 6.45) is 4.78. The van der Waals surface area contributed by atoms with Crippen LogP contribution in [0.15, 0.2) is 76.3 Å². The number of rotatable bonds is 3. The van der Waals surface area contributed by atoms with Gasteiger partial charge in [0.05, 0.1) is 17.3 Å². The number of para-hydroxylation sites is 1. The minimum absolute atomic E-state index is 0.0735. The summed E-state index contributed by atoms with van der Waals surface area (Å²) in [5, 5.41) is 1.19. The number of nitrogens with zero attached hydrogens (tertiary/aromatic N) is 3. The van der Waals surface area contributed by atoms with Gasteiger partial charge in [0.2, 0.25) is 0 Å². The van der Waals surface area contributed by atoms with Crippen LogP contribution in [0.4, 0.5) is 0 Å². The summed E-state index contributed by atoms with van der Waals surface area (Å²) in [6, 6.07) is 18.2. The van der Waals surface area contributed by atoms with E-state index in [9.17, 15) is 4.79 Å². The first-order valence-electron chi connectivity index (χ1n) is 10.6. The molecule has 2 aliphatic rings. The Morgan fingerprint density at radius 2 is 1.97 bits per heavy atom. The zero-order valence-corrected chi connectivity index (χ0v) is 16.7. The first kappa shape index (κ1) is 17.7. The third-order valence-corrected chi connectivity index (χ3v) is 6.52. The van der Waals surface area contributed by atoms with Gasteiger partial charge in [-0.25, -0.2) is 0 Å². The minimum Gasteiger partial charge on any atom is -0.464 e. The van der Waals surface area contributed by atoms with Gasteiger partial charge in [-0.15, -0.1) is 0 Å². The van der Waals surface area contributed by atoms with Crippen molar-refractivity contribution in [2.45, 2.75) is 25.4 Å². The number of piperidine rings is 1. The van der Waals surface area contributed by atoms with Gasteiger partial charge in [0, 0.05) is 49.4 Å². The van der Waals surface area contributed by atoms with Crippen LogP contribution >= 0.6 is 0 Å². The van der Waals surface area contributed by atoms with E-state index in [1.165, 1.54) is 10.9 Å². The van der Waals surface area contributed by atoms with E-state index in [0.29, 0.717) is 23.2 Å². The Kier molecular flexibility index (Phi) is 4.09. The molecule has 0 unspecified atom stereocenters. The molecule has 5 heterocycles. The topological polar surface area (TPSA) is 51.3 Å². The van der Waals surface area contributed by atoms with Crippen LogP contribution in [0.2, 0.25) is 0 Å². The van der Waals surface area contributed by atoms with Crippen molar-refractivity contribution in [3.63, 3.8) is 0 Å². The van der Waals surface area contributed by atoms with Crippen molar-refractivity contribution in [1.82, 2.24) is 14.5 Å². The summed E-state index contributed by atoms with van der Waals surface area (Å²) < 4.78 is 7.46. The third kappa shape index (κ3) is 2.97. The molecule has 5 heteroatoms. The van der Waals surface area contributed by atoms with E-state index >= 15 is 0 Å². The van der Waals surface area contributed by atoms with Crippen molar-refractivity contribution >= 4 is 10.9 Å². The lowest BCUT2D eigenvalue weighted by molar-refractivity contribution is 0.114. The third-order valence-electron chi connectivity index (χ3n) is 6.52. The Morgan fingerprint density at radius 3 is 2.87 bits per heavy atom. The van der Waals surface area contributed by atoms with E-state index < -0.39 is 0 Å². The van der Waals surface area contributed by atoms with Crippen LogP contribution in [0, 0.1) is 5.92 Å². The highest BCUT2D eigenvalue weighted by molar-refractivity contribution is 5.78. The van der Waals surface area contributed by atoms with Gasteiger partial charge in [0.15, 0.2) is 0 Å². The molecule has 4 aromatic rings. The van der Waals surface area contributed by atoms with Gasteiger partial charge >= 0.3 is 0 Å². The van der Waals surface area contributed by atoms with Crippen LogP contribution in [-0.2, 0) is 13.1 Å². The Morgan fingerprint density at radius 1 is 1.03 bits per heavy atom. The smallest absolute Gasteiger partial charge is 0.261 e. The van der Waals surface area contributed by atoms with Gasteiger partial charge in [-0.3, -0.25) is 14.7 Å². The van der Waals surface area contributed by atoms with E-state index in [-0.39, 0.29) is 5.56 Å². The second-order valence-corrected chi connectivity index (χ2v) is 8.59. The highest BCUT2D eigenvalue weighted by Crippen LogP contribution is 2.36. The summed E-state index contributed by atoms with van der Waals surface area (Å²) in [5.41, 5.74) is 4.18. The van der Waals surface area contributed by atoms with Crippen molar-refractivity contribution < 1.29 is 4.42 Å². The van der Waals surface area contributed by atoms with E-state index in [4.69, 9.17) is 4.42 Å². The average molecular weight is 397 g/mol. The van der Waals surface area contributed by atoms with E-state index in [0.717, 1.165) is 43.8 Å². The summed E-state index contributed by atoms with van der Waals surface area (Å²) in [6.45, 7) is 3.67. The maximum absolute atomic E-state index is 13.1. The molecule has 0 spiro atoms. The summed E-state index contributed by atoms with van der Waals surface area (Å²) in [7, 11) is 0. The maximum Gasteiger partial charge on any atom is 0.261 e. The summed E-state index contributed by atoms with van der Waals surface area (Å²) in [4.78, 5) is 20.3. The number of likely N-dealkylation sites (tertiary alicyclic amines) is 1. The van der Waals surface area contributed by atoms with Crippen LogP contribution in [0.25, 0.3) is 22.2 Å². The highest BCUT2D eigenvalue weighted by atomic mass is 16.3. The SMILES string of the molecule is O=c1c(-c2ccco2)ccc2n1C[C@H]1C[C@@H]2CN(Cc2cnc3ccccc3c2)C1. The highest BCUT2D eigenvalue weighted by Gasteiger charge is 2.35. The van der Waals surface area contributed by atoms with Gasteiger partial charge < -0.3 is 8.98 Å². The van der Waals surface area contributed by atoms with Crippen LogP contribution in [0.5, 0.6) is 0 Å². The van der Waals surface area contributed by atoms with Crippen LogP contribution in [0.3, 0.4) is 0 Å². The van der Waals surface area contributed by atoms with Crippen LogP contribution in [-0.4, -0.2) is 27.5 Å². The number of hydrogen-bond donors (Lipinski definition) is 0. The predicted molar refractivity (Wildman–Crippen MR) is 116 cm³/mol. The Labute approximate surface area is 174 Å². The molecule has 1 fully saturated rings. The molecule has 6 rings (SSSR count). The molecule has 0 radical (unpaired) electrons. The second-order valence-electron chi connectivity index (χ2n) is 8.59. The number of pyridine rings is 2. The lowest BCUT2D eigenvalue weighted by atomic mass is 9.82. The van der Waals surface area contributed by atoms with E-state index in [1.807, 2.05) is 35.0 Å². The standard InChI is InChI=1S/C25H23N3O2/c29-25-21(24-6-3-9-30-24)7-8-23-20-11-18(15-28(23)25)14-27(16-20)13-17-10-19-4-1-2-5-22(19)26-12-17/h1-10,12,18,20H,11,13-16H2/t18-,20+/m0/s1. The molecular weight excluding hydrogens is 374 g/mol. The quantitative estimate of drug-likeness (QED) is 0.518. The summed E-state index contributed by atoms with van der Waals surface area (Å²) >= 11 is 0. The fourth-order valence-corrected chi connectivity index (χ4v) is 5.25. The first-order chi connectivity index (χ1) is 14.7. The van der Waals surface area contributed by atoms with Gasteiger partial charge in [-0.05, 0) is 54.3 Å². The van der Waals surface area contributed by atoms with Crippen molar-refractivity contribution in [3.05, 3.63) is 88.7 Å². The molecular formula is C25H23N3O2. The number of hydrogen-bond acceptors (Lipinski definition) is 4. The van der Waals surface area contributed by atoms with Gasteiger partial charge in [-0.1, -0.05) is 18.2 Å². The van der Waals surface area contributed by atoms with Crippen LogP contribution < -0.4 is 5.56 Å². The van der Waals surface area contributed by atoms with Gasteiger partial charge in [0.25, 0.3) is 5.56 Å². The molecule has 2 aliphatic heterocycles. The molecule has 0 aliphatic carbocycles. The molecule has 150 valence electrons. The zero-order chi connectivity index (χ0) is 20.1. The Bertz CT molecular complexity index is 1280. The van der Waals surface area contributed by atoms with Gasteiger partial charge in [0.1, 0.15) is 5.76 Å². The predicted octanol–water partition coefficient (Wildman–Crippen LogP) is 4.28. The molecule has 5 nitrogen and oxygen atoms in total.